The molecule has 3 atom stereocenters. The van der Waals surface area contributed by atoms with E-state index >= 15 is 0 Å². The second-order valence-corrected chi connectivity index (χ2v) is 7.13. The molecule has 5 nitrogen and oxygen atoms in total. The van der Waals surface area contributed by atoms with Crippen molar-refractivity contribution in [1.29, 1.82) is 0 Å². The summed E-state index contributed by atoms with van der Waals surface area (Å²) in [6, 6.07) is 8.31. The van der Waals surface area contributed by atoms with Gasteiger partial charge in [0, 0.05) is 29.1 Å². The average molecular weight is 350 g/mol. The predicted octanol–water partition coefficient (Wildman–Crippen LogP) is 3.21. The monoisotopic (exact) mass is 349 g/mol. The maximum Gasteiger partial charge on any atom is 0.280 e. The molecule has 2 N–H and O–H groups in total. The number of carbonyl (C=O) groups excluding carboxylic acids is 1. The van der Waals surface area contributed by atoms with Crippen molar-refractivity contribution >= 4 is 28.8 Å². The zero-order valence-electron chi connectivity index (χ0n) is 12.3. The molecule has 1 amide bonds. The van der Waals surface area contributed by atoms with E-state index in [1.165, 1.54) is 17.8 Å². The summed E-state index contributed by atoms with van der Waals surface area (Å²) in [7, 11) is 0. The van der Waals surface area contributed by atoms with E-state index in [1.54, 1.807) is 29.6 Å². The lowest BCUT2D eigenvalue weighted by atomic mass is 9.95. The Labute approximate surface area is 143 Å². The van der Waals surface area contributed by atoms with Crippen LogP contribution < -0.4 is 15.4 Å². The van der Waals surface area contributed by atoms with Gasteiger partial charge in [0.05, 0.1) is 0 Å². The summed E-state index contributed by atoms with van der Waals surface area (Å²) < 4.78 is 5.59. The van der Waals surface area contributed by atoms with Gasteiger partial charge >= 0.3 is 0 Å². The van der Waals surface area contributed by atoms with E-state index in [9.17, 15) is 4.79 Å². The number of aromatic nitrogens is 1. The molecule has 2 fully saturated rings. The summed E-state index contributed by atoms with van der Waals surface area (Å²) in [5, 5.41) is 9.26. The number of benzene rings is 1. The summed E-state index contributed by atoms with van der Waals surface area (Å²) in [6.45, 7) is 0. The summed E-state index contributed by atoms with van der Waals surface area (Å²) in [4.78, 5) is 16.4. The molecule has 0 spiro atoms. The topological polar surface area (TPSA) is 63.2 Å². The first kappa shape index (κ1) is 14.9. The van der Waals surface area contributed by atoms with Gasteiger partial charge in [-0.05, 0) is 43.5 Å². The Morgan fingerprint density at radius 1 is 1.35 bits per heavy atom. The highest BCUT2D eigenvalue weighted by molar-refractivity contribution is 7.11. The van der Waals surface area contributed by atoms with Crippen LogP contribution in [0.25, 0.3) is 0 Å². The summed E-state index contributed by atoms with van der Waals surface area (Å²) in [6.07, 6.45) is 3.41. The third-order valence-electron chi connectivity index (χ3n) is 4.39. The minimum atomic E-state index is -0.0341. The van der Waals surface area contributed by atoms with Crippen LogP contribution in [0.2, 0.25) is 5.15 Å². The SMILES string of the molecule is O=C(NC1CC2CCC1N2)c1ccc(Oc2nc(Cl)cs2)cc1. The van der Waals surface area contributed by atoms with Crippen molar-refractivity contribution in [2.75, 3.05) is 0 Å². The van der Waals surface area contributed by atoms with E-state index in [4.69, 9.17) is 16.3 Å². The van der Waals surface area contributed by atoms with E-state index in [0.717, 1.165) is 12.8 Å². The molecule has 1 aromatic heterocycles. The Hall–Kier alpha value is -1.63. The molecule has 4 rings (SSSR count). The number of rotatable bonds is 4. The van der Waals surface area contributed by atoms with Crippen LogP contribution in [-0.4, -0.2) is 29.0 Å². The molecule has 2 bridgehead atoms. The minimum absolute atomic E-state index is 0.0341. The van der Waals surface area contributed by atoms with Crippen molar-refractivity contribution in [3.8, 4) is 10.9 Å². The fraction of sp³-hybridized carbons (Fsp3) is 0.375. The first-order chi connectivity index (χ1) is 11.2. The fourth-order valence-electron chi connectivity index (χ4n) is 3.30. The minimum Gasteiger partial charge on any atom is -0.431 e. The van der Waals surface area contributed by atoms with Gasteiger partial charge in [-0.25, -0.2) is 0 Å². The van der Waals surface area contributed by atoms with E-state index in [2.05, 4.69) is 15.6 Å². The van der Waals surface area contributed by atoms with Crippen molar-refractivity contribution in [1.82, 2.24) is 15.6 Å². The van der Waals surface area contributed by atoms with Crippen LogP contribution in [0.15, 0.2) is 29.6 Å². The van der Waals surface area contributed by atoms with E-state index in [-0.39, 0.29) is 11.9 Å². The number of nitrogens with one attached hydrogen (secondary N) is 2. The number of ether oxygens (including phenoxy) is 1. The van der Waals surface area contributed by atoms with Crippen molar-refractivity contribution in [2.24, 2.45) is 0 Å². The molecule has 120 valence electrons. The van der Waals surface area contributed by atoms with Gasteiger partial charge in [-0.3, -0.25) is 4.79 Å². The van der Waals surface area contributed by atoms with Gasteiger partial charge in [0.15, 0.2) is 0 Å². The van der Waals surface area contributed by atoms with E-state index in [0.29, 0.717) is 33.7 Å². The highest BCUT2D eigenvalue weighted by Crippen LogP contribution is 2.29. The largest absolute Gasteiger partial charge is 0.431 e. The van der Waals surface area contributed by atoms with Crippen LogP contribution >= 0.6 is 22.9 Å². The molecule has 7 heteroatoms. The lowest BCUT2D eigenvalue weighted by molar-refractivity contribution is 0.0931. The summed E-state index contributed by atoms with van der Waals surface area (Å²) in [5.41, 5.74) is 0.636. The summed E-state index contributed by atoms with van der Waals surface area (Å²) in [5.74, 6) is 0.599. The molecule has 0 radical (unpaired) electrons. The molecular formula is C16H16ClN3O2S. The normalized spacial score (nSPS) is 25.5. The van der Waals surface area contributed by atoms with Crippen LogP contribution in [0.5, 0.6) is 10.9 Å². The first-order valence-electron chi connectivity index (χ1n) is 7.63. The van der Waals surface area contributed by atoms with Crippen LogP contribution in [0.3, 0.4) is 0 Å². The molecular weight excluding hydrogens is 334 g/mol. The van der Waals surface area contributed by atoms with Crippen LogP contribution in [0.4, 0.5) is 0 Å². The molecule has 23 heavy (non-hydrogen) atoms. The molecule has 0 saturated carbocycles. The number of carbonyl (C=O) groups is 1. The number of thiazole rings is 1. The van der Waals surface area contributed by atoms with Gasteiger partial charge in [0.1, 0.15) is 10.9 Å². The fourth-order valence-corrected chi connectivity index (χ4v) is 4.10. The second-order valence-electron chi connectivity index (χ2n) is 5.93. The number of fused-ring (bicyclic) bond motifs is 2. The molecule has 0 aliphatic carbocycles. The molecule has 3 heterocycles. The number of hydrogen-bond donors (Lipinski definition) is 2. The molecule has 2 aliphatic rings. The van der Waals surface area contributed by atoms with Crippen molar-refractivity contribution < 1.29 is 9.53 Å². The Morgan fingerprint density at radius 3 is 2.78 bits per heavy atom. The standard InChI is InChI=1S/C16H16ClN3O2S/c17-14-8-23-16(20-14)22-11-4-1-9(2-5-11)15(21)19-13-7-10-3-6-12(13)18-10/h1-2,4-5,8,10,12-13,18H,3,6-7H2,(H,19,21). The molecule has 2 aliphatic heterocycles. The van der Waals surface area contributed by atoms with Crippen molar-refractivity contribution in [2.45, 2.75) is 37.4 Å². The quantitative estimate of drug-likeness (QED) is 0.889. The maximum absolute atomic E-state index is 12.3. The molecule has 1 aromatic carbocycles. The molecule has 3 unspecified atom stereocenters. The van der Waals surface area contributed by atoms with Gasteiger partial charge in [-0.15, -0.1) is 0 Å². The molecule has 2 aromatic rings. The van der Waals surface area contributed by atoms with Crippen LogP contribution in [0, 0.1) is 0 Å². The second kappa shape index (κ2) is 6.11. The van der Waals surface area contributed by atoms with Gasteiger partial charge in [-0.1, -0.05) is 22.9 Å². The van der Waals surface area contributed by atoms with Crippen LogP contribution in [-0.2, 0) is 0 Å². The highest BCUT2D eigenvalue weighted by Gasteiger charge is 2.39. The number of amides is 1. The van der Waals surface area contributed by atoms with Crippen molar-refractivity contribution in [3.05, 3.63) is 40.4 Å². The van der Waals surface area contributed by atoms with Crippen molar-refractivity contribution in [3.63, 3.8) is 0 Å². The smallest absolute Gasteiger partial charge is 0.280 e. The van der Waals surface area contributed by atoms with E-state index in [1.807, 2.05) is 0 Å². The predicted molar refractivity (Wildman–Crippen MR) is 89.5 cm³/mol. The zero-order valence-corrected chi connectivity index (χ0v) is 13.9. The number of hydrogen-bond acceptors (Lipinski definition) is 5. The average Bonchev–Trinajstić information content (AvgIpc) is 3.25. The van der Waals surface area contributed by atoms with Gasteiger partial charge in [0.25, 0.3) is 11.1 Å². The Morgan fingerprint density at radius 2 is 2.17 bits per heavy atom. The third kappa shape index (κ3) is 3.20. The first-order valence-corrected chi connectivity index (χ1v) is 8.89. The summed E-state index contributed by atoms with van der Waals surface area (Å²) >= 11 is 7.09. The number of halogens is 1. The highest BCUT2D eigenvalue weighted by atomic mass is 35.5. The third-order valence-corrected chi connectivity index (χ3v) is 5.43. The maximum atomic E-state index is 12.3. The number of nitrogens with zero attached hydrogens (tertiary/aromatic N) is 1. The Kier molecular flexibility index (Phi) is 3.97. The van der Waals surface area contributed by atoms with E-state index < -0.39 is 0 Å². The van der Waals surface area contributed by atoms with Gasteiger partial charge < -0.3 is 15.4 Å². The Bertz CT molecular complexity index is 718. The van der Waals surface area contributed by atoms with Crippen LogP contribution in [0.1, 0.15) is 29.6 Å². The zero-order chi connectivity index (χ0) is 15.8. The Balaban J connectivity index is 1.38. The lowest BCUT2D eigenvalue weighted by Gasteiger charge is -2.21. The lowest BCUT2D eigenvalue weighted by Crippen LogP contribution is -2.42. The van der Waals surface area contributed by atoms with Gasteiger partial charge in [-0.2, -0.15) is 4.98 Å². The molecule has 2 saturated heterocycles. The van der Waals surface area contributed by atoms with Gasteiger partial charge in [0.2, 0.25) is 0 Å².